The van der Waals surface area contributed by atoms with Gasteiger partial charge in [0.1, 0.15) is 6.54 Å². The van der Waals surface area contributed by atoms with Gasteiger partial charge in [-0.3, -0.25) is 9.59 Å². The third kappa shape index (κ3) is 3.98. The molecule has 1 aromatic heterocycles. The van der Waals surface area contributed by atoms with Gasteiger partial charge in [0.05, 0.1) is 5.69 Å². The van der Waals surface area contributed by atoms with E-state index in [0.717, 1.165) is 29.7 Å². The second-order valence-corrected chi connectivity index (χ2v) is 7.82. The molecule has 0 radical (unpaired) electrons. The maximum Gasteiger partial charge on any atom is 0.267 e. The van der Waals surface area contributed by atoms with Crippen LogP contribution < -0.4 is 10.9 Å². The highest BCUT2D eigenvalue weighted by Crippen LogP contribution is 2.31. The second-order valence-electron chi connectivity index (χ2n) is 7.41. The van der Waals surface area contributed by atoms with Gasteiger partial charge >= 0.3 is 0 Å². The van der Waals surface area contributed by atoms with E-state index < -0.39 is 0 Å². The number of carbonyl (C=O) groups is 1. The standard InChI is InChI=1S/C20H24ClN3O2/c1-12(2)20-16(15-6-4-5-7-17(15)21)10-19(26)24(23-20)11-18(25)22-14-8-13(3)9-14/h4-7,10,12-14H,8-9,11H2,1-3H3,(H,22,25). The molecular formula is C20H24ClN3O2. The number of benzene rings is 1. The van der Waals surface area contributed by atoms with Crippen molar-refractivity contribution in [3.8, 4) is 11.1 Å². The van der Waals surface area contributed by atoms with Gasteiger partial charge in [-0.05, 0) is 30.7 Å². The van der Waals surface area contributed by atoms with E-state index in [2.05, 4.69) is 17.3 Å². The number of amides is 1. The van der Waals surface area contributed by atoms with Crippen LogP contribution >= 0.6 is 11.6 Å². The maximum atomic E-state index is 12.5. The van der Waals surface area contributed by atoms with E-state index in [9.17, 15) is 9.59 Å². The molecule has 1 aliphatic carbocycles. The van der Waals surface area contributed by atoms with Crippen molar-refractivity contribution < 1.29 is 4.79 Å². The number of hydrogen-bond donors (Lipinski definition) is 1. The van der Waals surface area contributed by atoms with Crippen LogP contribution in [0.3, 0.4) is 0 Å². The summed E-state index contributed by atoms with van der Waals surface area (Å²) in [4.78, 5) is 24.8. The highest BCUT2D eigenvalue weighted by atomic mass is 35.5. The molecule has 1 heterocycles. The van der Waals surface area contributed by atoms with Crippen LogP contribution in [0.4, 0.5) is 0 Å². The normalized spacial score (nSPS) is 19.3. The first kappa shape index (κ1) is 18.6. The minimum atomic E-state index is -0.304. The smallest absolute Gasteiger partial charge is 0.267 e. The first-order valence-corrected chi connectivity index (χ1v) is 9.39. The maximum absolute atomic E-state index is 12.5. The minimum absolute atomic E-state index is 0.0633. The van der Waals surface area contributed by atoms with Gasteiger partial charge in [0.2, 0.25) is 5.91 Å². The molecular weight excluding hydrogens is 350 g/mol. The molecule has 0 atom stereocenters. The number of aromatic nitrogens is 2. The summed E-state index contributed by atoms with van der Waals surface area (Å²) in [6, 6.07) is 9.15. The lowest BCUT2D eigenvalue weighted by Crippen LogP contribution is -2.45. The summed E-state index contributed by atoms with van der Waals surface area (Å²) in [5, 5.41) is 8.02. The van der Waals surface area contributed by atoms with Crippen molar-refractivity contribution >= 4 is 17.5 Å². The summed E-state index contributed by atoms with van der Waals surface area (Å²) in [5.74, 6) is 0.573. The number of carbonyl (C=O) groups excluding carboxylic acids is 1. The van der Waals surface area contributed by atoms with Gasteiger partial charge in [0.25, 0.3) is 5.56 Å². The Hall–Kier alpha value is -2.14. The van der Waals surface area contributed by atoms with E-state index in [1.807, 2.05) is 32.0 Å². The fourth-order valence-corrected chi connectivity index (χ4v) is 3.61. The Morgan fingerprint density at radius 2 is 2.00 bits per heavy atom. The van der Waals surface area contributed by atoms with Gasteiger partial charge in [-0.25, -0.2) is 4.68 Å². The van der Waals surface area contributed by atoms with Crippen molar-refractivity contribution in [2.45, 2.75) is 52.1 Å². The van der Waals surface area contributed by atoms with Crippen molar-refractivity contribution in [2.75, 3.05) is 0 Å². The summed E-state index contributed by atoms with van der Waals surface area (Å²) in [7, 11) is 0. The molecule has 1 aromatic carbocycles. The van der Waals surface area contributed by atoms with Crippen LogP contribution in [0.1, 0.15) is 45.2 Å². The van der Waals surface area contributed by atoms with Crippen molar-refractivity contribution in [1.29, 1.82) is 0 Å². The zero-order chi connectivity index (χ0) is 18.8. The monoisotopic (exact) mass is 373 g/mol. The van der Waals surface area contributed by atoms with Gasteiger partial charge in [-0.1, -0.05) is 50.6 Å². The van der Waals surface area contributed by atoms with Gasteiger partial charge in [-0.15, -0.1) is 0 Å². The molecule has 1 fully saturated rings. The average Bonchev–Trinajstić information content (AvgIpc) is 2.55. The van der Waals surface area contributed by atoms with Gasteiger partial charge < -0.3 is 5.32 Å². The Morgan fingerprint density at radius 1 is 1.31 bits per heavy atom. The highest BCUT2D eigenvalue weighted by Gasteiger charge is 2.27. The third-order valence-electron chi connectivity index (χ3n) is 4.77. The summed E-state index contributed by atoms with van der Waals surface area (Å²) in [6.07, 6.45) is 1.99. The summed E-state index contributed by atoms with van der Waals surface area (Å²) >= 11 is 6.30. The number of rotatable bonds is 5. The quantitative estimate of drug-likeness (QED) is 0.870. The third-order valence-corrected chi connectivity index (χ3v) is 5.10. The molecule has 3 rings (SSSR count). The Balaban J connectivity index is 1.88. The molecule has 2 aromatic rings. The molecule has 26 heavy (non-hydrogen) atoms. The fourth-order valence-electron chi connectivity index (χ4n) is 3.37. The number of nitrogens with one attached hydrogen (secondary N) is 1. The van der Waals surface area contributed by atoms with Crippen LogP contribution in [0, 0.1) is 5.92 Å². The topological polar surface area (TPSA) is 64.0 Å². The molecule has 1 aliphatic rings. The van der Waals surface area contributed by atoms with Crippen molar-refractivity contribution in [2.24, 2.45) is 5.92 Å². The average molecular weight is 374 g/mol. The molecule has 0 aliphatic heterocycles. The number of hydrogen-bond acceptors (Lipinski definition) is 3. The van der Waals surface area contributed by atoms with Crippen LogP contribution in [-0.4, -0.2) is 21.7 Å². The lowest BCUT2D eigenvalue weighted by molar-refractivity contribution is -0.123. The first-order valence-electron chi connectivity index (χ1n) is 9.01. The Kier molecular flexibility index (Phi) is 5.47. The summed E-state index contributed by atoms with van der Waals surface area (Å²) in [6.45, 7) is 6.12. The fraction of sp³-hybridized carbons (Fsp3) is 0.450. The van der Waals surface area contributed by atoms with Gasteiger partial charge in [0, 0.05) is 28.3 Å². The van der Waals surface area contributed by atoms with Crippen molar-refractivity contribution in [3.63, 3.8) is 0 Å². The van der Waals surface area contributed by atoms with E-state index >= 15 is 0 Å². The Bertz CT molecular complexity index is 870. The zero-order valence-electron chi connectivity index (χ0n) is 15.3. The van der Waals surface area contributed by atoms with Crippen molar-refractivity contribution in [1.82, 2.24) is 15.1 Å². The van der Waals surface area contributed by atoms with E-state index in [1.165, 1.54) is 10.7 Å². The molecule has 0 bridgehead atoms. The summed E-state index contributed by atoms with van der Waals surface area (Å²) < 4.78 is 1.24. The molecule has 5 nitrogen and oxygen atoms in total. The Labute approximate surface area is 158 Å². The number of halogens is 1. The zero-order valence-corrected chi connectivity index (χ0v) is 16.1. The lowest BCUT2D eigenvalue weighted by atomic mass is 9.82. The van der Waals surface area contributed by atoms with Crippen LogP contribution in [0.2, 0.25) is 5.02 Å². The van der Waals surface area contributed by atoms with E-state index in [0.29, 0.717) is 10.9 Å². The second kappa shape index (κ2) is 7.62. The molecule has 1 amide bonds. The molecule has 1 saturated carbocycles. The van der Waals surface area contributed by atoms with Crippen LogP contribution in [0.5, 0.6) is 0 Å². The predicted molar refractivity (Wildman–Crippen MR) is 103 cm³/mol. The van der Waals surface area contributed by atoms with Crippen LogP contribution in [0.25, 0.3) is 11.1 Å². The van der Waals surface area contributed by atoms with Crippen LogP contribution in [0.15, 0.2) is 35.1 Å². The minimum Gasteiger partial charge on any atom is -0.352 e. The van der Waals surface area contributed by atoms with Crippen molar-refractivity contribution in [3.05, 3.63) is 51.4 Å². The van der Waals surface area contributed by atoms with E-state index in [-0.39, 0.29) is 30.0 Å². The van der Waals surface area contributed by atoms with Gasteiger partial charge in [-0.2, -0.15) is 5.10 Å². The molecule has 138 valence electrons. The summed E-state index contributed by atoms with van der Waals surface area (Å²) in [5.41, 5.74) is 1.95. The number of nitrogens with zero attached hydrogens (tertiary/aromatic N) is 2. The predicted octanol–water partition coefficient (Wildman–Crippen LogP) is 3.60. The largest absolute Gasteiger partial charge is 0.352 e. The SMILES string of the molecule is CC1CC(NC(=O)Cn2nc(C(C)C)c(-c3ccccc3Cl)cc2=O)C1. The molecule has 6 heteroatoms. The molecule has 0 spiro atoms. The lowest BCUT2D eigenvalue weighted by Gasteiger charge is -2.33. The van der Waals surface area contributed by atoms with Crippen LogP contribution in [-0.2, 0) is 11.3 Å². The Morgan fingerprint density at radius 3 is 2.62 bits per heavy atom. The highest BCUT2D eigenvalue weighted by molar-refractivity contribution is 6.33. The van der Waals surface area contributed by atoms with Gasteiger partial charge in [0.15, 0.2) is 0 Å². The molecule has 1 N–H and O–H groups in total. The molecule has 0 saturated heterocycles. The van der Waals surface area contributed by atoms with E-state index in [1.54, 1.807) is 6.07 Å². The molecule has 0 unspecified atom stereocenters. The first-order chi connectivity index (χ1) is 12.3. The van der Waals surface area contributed by atoms with E-state index in [4.69, 9.17) is 11.6 Å².